The molecule has 2 aromatic rings. The highest BCUT2D eigenvalue weighted by Crippen LogP contribution is 2.44. The van der Waals surface area contributed by atoms with E-state index in [-0.39, 0.29) is 25.7 Å². The maximum atomic E-state index is 12.9. The van der Waals surface area contributed by atoms with Crippen LogP contribution in [0.2, 0.25) is 0 Å². The molecule has 0 bridgehead atoms. The van der Waals surface area contributed by atoms with Crippen molar-refractivity contribution in [1.82, 2.24) is 15.0 Å². The number of esters is 1. The number of fused-ring (bicyclic) bond motifs is 2. The highest BCUT2D eigenvalue weighted by atomic mass is 16.8. The van der Waals surface area contributed by atoms with Gasteiger partial charge in [0.25, 0.3) is 0 Å². The standard InChI is InChI=1S/C34H47N3O12/c1-8-39-23(38)14-21(24-26(40-16-19-12-10-9-11-13-19)28-31(43-24)49-34(6,7)47-28)37-15-20(35-36-37)17-41-30-29-27(46-33(4,5)48-29)25(44-30)22-18-42-32(2,3)45-22/h9-13,15,21-22,24-31H,8,14,16-18H2,1-7H3/t21?,22?,24?,25?,26-,27?,28+,29?,30?,31+/m0/s1. The monoisotopic (exact) mass is 689 g/mol. The molecule has 5 saturated heterocycles. The van der Waals surface area contributed by atoms with Crippen LogP contribution in [0.5, 0.6) is 0 Å². The van der Waals surface area contributed by atoms with Gasteiger partial charge in [-0.05, 0) is 54.0 Å². The zero-order valence-electron chi connectivity index (χ0n) is 29.0. The SMILES string of the molecule is CCOC(=O)CC(C1O[C@@H]2OC(C)(C)O[C@@H]2[C@H]1OCc1ccccc1)n1cc(COC2OC(C3COC(C)(C)O3)C3OC(C)(C)OC23)nn1. The van der Waals surface area contributed by atoms with E-state index in [1.165, 1.54) is 0 Å². The van der Waals surface area contributed by atoms with Crippen LogP contribution in [0.4, 0.5) is 0 Å². The van der Waals surface area contributed by atoms with Gasteiger partial charge in [-0.3, -0.25) is 4.79 Å². The molecule has 270 valence electrons. The number of carbonyl (C=O) groups excluding carboxylic acids is 1. The second-order valence-corrected chi connectivity index (χ2v) is 14.3. The number of aromatic nitrogens is 3. The fourth-order valence-corrected chi connectivity index (χ4v) is 7.13. The molecular weight excluding hydrogens is 642 g/mol. The fourth-order valence-electron chi connectivity index (χ4n) is 7.13. The minimum Gasteiger partial charge on any atom is -0.466 e. The molecule has 5 aliphatic heterocycles. The Morgan fingerprint density at radius 1 is 0.878 bits per heavy atom. The van der Waals surface area contributed by atoms with Crippen LogP contribution in [0, 0.1) is 0 Å². The molecule has 0 radical (unpaired) electrons. The summed E-state index contributed by atoms with van der Waals surface area (Å²) >= 11 is 0. The van der Waals surface area contributed by atoms with E-state index in [0.717, 1.165) is 5.56 Å². The highest BCUT2D eigenvalue weighted by Gasteiger charge is 2.60. The van der Waals surface area contributed by atoms with Gasteiger partial charge in [0.05, 0.1) is 45.1 Å². The topological polar surface area (TPSA) is 149 Å². The second kappa shape index (κ2) is 13.5. The Kier molecular flexibility index (Phi) is 9.62. The van der Waals surface area contributed by atoms with Crippen molar-refractivity contribution in [2.45, 2.75) is 147 Å². The van der Waals surface area contributed by atoms with Crippen LogP contribution >= 0.6 is 0 Å². The molecule has 5 aliphatic rings. The Morgan fingerprint density at radius 2 is 1.61 bits per heavy atom. The average Bonchev–Trinajstić information content (AvgIpc) is 3.87. The number of ether oxygens (including phenoxy) is 11. The lowest BCUT2D eigenvalue weighted by atomic mass is 10.0. The molecular formula is C34H47N3O12. The molecule has 5 fully saturated rings. The van der Waals surface area contributed by atoms with Gasteiger partial charge in [-0.1, -0.05) is 35.5 Å². The van der Waals surface area contributed by atoms with Crippen molar-refractivity contribution in [3.8, 4) is 0 Å². The minimum absolute atomic E-state index is 0.0482. The Bertz CT molecular complexity index is 1450. The Balaban J connectivity index is 1.08. The predicted molar refractivity (Wildman–Crippen MR) is 166 cm³/mol. The summed E-state index contributed by atoms with van der Waals surface area (Å²) in [7, 11) is 0. The quantitative estimate of drug-likeness (QED) is 0.300. The number of rotatable bonds is 12. The smallest absolute Gasteiger partial charge is 0.308 e. The van der Waals surface area contributed by atoms with Gasteiger partial charge in [-0.25, -0.2) is 4.68 Å². The molecule has 0 amide bonds. The normalized spacial score (nSPS) is 36.1. The number of hydrogen-bond donors (Lipinski definition) is 0. The van der Waals surface area contributed by atoms with Crippen LogP contribution < -0.4 is 0 Å². The summed E-state index contributed by atoms with van der Waals surface area (Å²) in [5.74, 6) is -2.82. The zero-order chi connectivity index (χ0) is 34.6. The summed E-state index contributed by atoms with van der Waals surface area (Å²) in [6, 6.07) is 9.15. The first-order valence-corrected chi connectivity index (χ1v) is 17.0. The molecule has 10 atom stereocenters. The Morgan fingerprint density at radius 3 is 2.35 bits per heavy atom. The van der Waals surface area contributed by atoms with E-state index in [9.17, 15) is 4.79 Å². The third-order valence-corrected chi connectivity index (χ3v) is 9.11. The van der Waals surface area contributed by atoms with Gasteiger partial charge in [0.15, 0.2) is 29.9 Å². The van der Waals surface area contributed by atoms with Gasteiger partial charge in [0.2, 0.25) is 0 Å². The molecule has 0 aliphatic carbocycles. The lowest BCUT2D eigenvalue weighted by Gasteiger charge is -2.30. The van der Waals surface area contributed by atoms with Gasteiger partial charge in [0.1, 0.15) is 48.4 Å². The molecule has 7 rings (SSSR count). The summed E-state index contributed by atoms with van der Waals surface area (Å²) in [4.78, 5) is 12.9. The van der Waals surface area contributed by atoms with Gasteiger partial charge in [0, 0.05) is 0 Å². The molecule has 0 spiro atoms. The van der Waals surface area contributed by atoms with Crippen molar-refractivity contribution >= 4 is 5.97 Å². The molecule has 1 aromatic heterocycles. The zero-order valence-corrected chi connectivity index (χ0v) is 29.0. The van der Waals surface area contributed by atoms with E-state index in [2.05, 4.69) is 10.3 Å². The van der Waals surface area contributed by atoms with Crippen LogP contribution in [0.3, 0.4) is 0 Å². The maximum Gasteiger partial charge on any atom is 0.308 e. The molecule has 7 unspecified atom stereocenters. The molecule has 6 heterocycles. The van der Waals surface area contributed by atoms with E-state index >= 15 is 0 Å². The van der Waals surface area contributed by atoms with Crippen molar-refractivity contribution in [3.05, 3.63) is 47.8 Å². The highest BCUT2D eigenvalue weighted by molar-refractivity contribution is 5.70. The summed E-state index contributed by atoms with van der Waals surface area (Å²) in [6.45, 7) is 13.8. The first-order chi connectivity index (χ1) is 23.3. The lowest BCUT2D eigenvalue weighted by Crippen LogP contribution is -2.42. The van der Waals surface area contributed by atoms with Crippen molar-refractivity contribution in [1.29, 1.82) is 0 Å². The third-order valence-electron chi connectivity index (χ3n) is 9.11. The molecule has 15 heteroatoms. The summed E-state index contributed by atoms with van der Waals surface area (Å²) in [5.41, 5.74) is 1.49. The predicted octanol–water partition coefficient (Wildman–Crippen LogP) is 3.15. The van der Waals surface area contributed by atoms with Gasteiger partial charge >= 0.3 is 5.97 Å². The number of nitrogens with zero attached hydrogens (tertiary/aromatic N) is 3. The molecule has 1 aromatic carbocycles. The summed E-state index contributed by atoms with van der Waals surface area (Å²) in [5, 5.41) is 8.78. The van der Waals surface area contributed by atoms with Crippen LogP contribution in [0.15, 0.2) is 36.5 Å². The largest absolute Gasteiger partial charge is 0.466 e. The summed E-state index contributed by atoms with van der Waals surface area (Å²) in [6.07, 6.45) is -3.29. The van der Waals surface area contributed by atoms with E-state index in [0.29, 0.717) is 18.9 Å². The van der Waals surface area contributed by atoms with Crippen LogP contribution in [-0.2, 0) is 70.1 Å². The first kappa shape index (κ1) is 34.9. The van der Waals surface area contributed by atoms with Crippen LogP contribution in [0.25, 0.3) is 0 Å². The van der Waals surface area contributed by atoms with Crippen molar-refractivity contribution in [3.63, 3.8) is 0 Å². The van der Waals surface area contributed by atoms with E-state index in [1.54, 1.807) is 17.8 Å². The van der Waals surface area contributed by atoms with Crippen LogP contribution in [-0.4, -0.2) is 107 Å². The van der Waals surface area contributed by atoms with Gasteiger partial charge < -0.3 is 52.1 Å². The van der Waals surface area contributed by atoms with E-state index in [4.69, 9.17) is 52.1 Å². The minimum atomic E-state index is -0.861. The lowest BCUT2D eigenvalue weighted by molar-refractivity contribution is -0.250. The van der Waals surface area contributed by atoms with E-state index in [1.807, 2.05) is 71.9 Å². The number of benzene rings is 1. The molecule has 0 N–H and O–H groups in total. The Labute approximate surface area is 285 Å². The van der Waals surface area contributed by atoms with Crippen molar-refractivity contribution in [2.24, 2.45) is 0 Å². The average molecular weight is 690 g/mol. The van der Waals surface area contributed by atoms with Gasteiger partial charge in [-0.2, -0.15) is 0 Å². The molecule has 49 heavy (non-hydrogen) atoms. The van der Waals surface area contributed by atoms with Crippen molar-refractivity contribution in [2.75, 3.05) is 13.2 Å². The first-order valence-electron chi connectivity index (χ1n) is 17.0. The third kappa shape index (κ3) is 7.56. The number of carbonyl (C=O) groups is 1. The maximum absolute atomic E-state index is 12.9. The van der Waals surface area contributed by atoms with Gasteiger partial charge in [-0.15, -0.1) is 5.10 Å². The summed E-state index contributed by atoms with van der Waals surface area (Å²) < 4.78 is 69.0. The van der Waals surface area contributed by atoms with E-state index < -0.39 is 78.6 Å². The Hall–Kier alpha value is -2.57. The molecule has 15 nitrogen and oxygen atoms in total. The molecule has 0 saturated carbocycles. The second-order valence-electron chi connectivity index (χ2n) is 14.3. The van der Waals surface area contributed by atoms with Crippen molar-refractivity contribution < 1.29 is 56.9 Å². The fraction of sp³-hybridized carbons (Fsp3) is 0.735. The number of hydrogen-bond acceptors (Lipinski definition) is 14. The van der Waals surface area contributed by atoms with Crippen LogP contribution in [0.1, 0.15) is 72.2 Å².